The highest BCUT2D eigenvalue weighted by atomic mass is 32.2. The fourth-order valence-corrected chi connectivity index (χ4v) is 5.18. The molecule has 0 aliphatic heterocycles. The average Bonchev–Trinajstić information content (AvgIpc) is 3.01. The Hall–Kier alpha value is -1.45. The molecule has 2 rings (SSSR count). The van der Waals surface area contributed by atoms with Gasteiger partial charge in [0.25, 0.3) is 15.9 Å². The highest BCUT2D eigenvalue weighted by Gasteiger charge is 2.27. The zero-order valence-electron chi connectivity index (χ0n) is 15.1. The largest absolute Gasteiger partial charge is 0.452 e. The predicted molar refractivity (Wildman–Crippen MR) is 99.3 cm³/mol. The zero-order chi connectivity index (χ0) is 19.2. The molecule has 1 aromatic rings. The summed E-state index contributed by atoms with van der Waals surface area (Å²) in [6.45, 7) is 1.05. The van der Waals surface area contributed by atoms with Gasteiger partial charge in [0.2, 0.25) is 0 Å². The number of carbonyl (C=O) groups is 2. The van der Waals surface area contributed by atoms with Crippen molar-refractivity contribution in [1.82, 2.24) is 9.62 Å². The van der Waals surface area contributed by atoms with E-state index >= 15 is 0 Å². The molecule has 0 bridgehead atoms. The van der Waals surface area contributed by atoms with E-state index in [0.717, 1.165) is 41.3 Å². The molecule has 146 valence electrons. The average molecular weight is 403 g/mol. The van der Waals surface area contributed by atoms with E-state index < -0.39 is 28.6 Å². The van der Waals surface area contributed by atoms with Gasteiger partial charge >= 0.3 is 5.97 Å². The number of sulfonamides is 1. The second kappa shape index (κ2) is 9.48. The molecule has 0 radical (unpaired) electrons. The number of carbonyl (C=O) groups excluding carboxylic acids is 2. The quantitative estimate of drug-likeness (QED) is 0.557. The summed E-state index contributed by atoms with van der Waals surface area (Å²) in [5, 5.41) is 4.58. The van der Waals surface area contributed by atoms with E-state index in [4.69, 9.17) is 4.74 Å². The van der Waals surface area contributed by atoms with E-state index in [-0.39, 0.29) is 16.2 Å². The highest BCUT2D eigenvalue weighted by molar-refractivity contribution is 7.91. The van der Waals surface area contributed by atoms with E-state index in [1.165, 1.54) is 32.9 Å². The normalized spacial score (nSPS) is 17.5. The molecule has 1 N–H and O–H groups in total. The molecule has 1 heterocycles. The summed E-state index contributed by atoms with van der Waals surface area (Å²) in [7, 11) is -2.41. The first-order chi connectivity index (χ1) is 12.3. The fourth-order valence-electron chi connectivity index (χ4n) is 2.86. The summed E-state index contributed by atoms with van der Waals surface area (Å²) in [6, 6.07) is 3.22. The van der Waals surface area contributed by atoms with Crippen LogP contribution in [0.2, 0.25) is 0 Å². The molecule has 0 unspecified atom stereocenters. The Morgan fingerprint density at radius 1 is 1.31 bits per heavy atom. The van der Waals surface area contributed by atoms with Crippen LogP contribution in [0, 0.1) is 0 Å². The number of thiophene rings is 1. The van der Waals surface area contributed by atoms with Crippen LogP contribution in [0.4, 0.5) is 0 Å². The van der Waals surface area contributed by atoms with E-state index in [2.05, 4.69) is 5.32 Å². The highest BCUT2D eigenvalue weighted by Crippen LogP contribution is 2.20. The maximum absolute atomic E-state index is 12.3. The number of hydrogen-bond donors (Lipinski definition) is 1. The van der Waals surface area contributed by atoms with Gasteiger partial charge in [-0.15, -0.1) is 11.3 Å². The molecule has 9 heteroatoms. The van der Waals surface area contributed by atoms with Crippen LogP contribution in [-0.2, 0) is 24.3 Å². The van der Waals surface area contributed by atoms with Gasteiger partial charge in [0.05, 0.1) is 0 Å². The van der Waals surface area contributed by atoms with Crippen LogP contribution in [0.25, 0.3) is 0 Å². The summed E-state index contributed by atoms with van der Waals surface area (Å²) in [6.07, 6.45) is 5.46. The molecule has 26 heavy (non-hydrogen) atoms. The van der Waals surface area contributed by atoms with Gasteiger partial charge in [0.15, 0.2) is 6.10 Å². The fraction of sp³-hybridized carbons (Fsp3) is 0.647. The number of nitrogens with one attached hydrogen (secondary N) is 1. The molecule has 0 saturated heterocycles. The number of likely N-dealkylation sites (N-methyl/N-ethyl adjacent to an activating group) is 1. The van der Waals surface area contributed by atoms with Crippen LogP contribution in [0.5, 0.6) is 0 Å². The summed E-state index contributed by atoms with van der Waals surface area (Å²) in [5.41, 5.74) is 0. The van der Waals surface area contributed by atoms with Crippen LogP contribution in [0.1, 0.15) is 45.4 Å². The second-order valence-corrected chi connectivity index (χ2v) is 9.74. The maximum atomic E-state index is 12.3. The number of nitrogens with zero attached hydrogens (tertiary/aromatic N) is 1. The molecule has 1 aromatic heterocycles. The Balaban J connectivity index is 1.83. The van der Waals surface area contributed by atoms with Crippen molar-refractivity contribution < 1.29 is 22.7 Å². The molecular weight excluding hydrogens is 376 g/mol. The molecular formula is C17H26N2O5S2. The van der Waals surface area contributed by atoms with Crippen molar-refractivity contribution in [2.75, 3.05) is 13.6 Å². The Morgan fingerprint density at radius 2 is 1.96 bits per heavy atom. The first kappa shape index (κ1) is 20.9. The zero-order valence-corrected chi connectivity index (χ0v) is 16.8. The molecule has 1 atom stereocenters. The minimum absolute atomic E-state index is 0.119. The van der Waals surface area contributed by atoms with Gasteiger partial charge in [-0.3, -0.25) is 9.59 Å². The van der Waals surface area contributed by atoms with Gasteiger partial charge in [0, 0.05) is 13.1 Å². The maximum Gasteiger partial charge on any atom is 0.322 e. The van der Waals surface area contributed by atoms with Crippen molar-refractivity contribution >= 4 is 33.2 Å². The smallest absolute Gasteiger partial charge is 0.322 e. The number of esters is 1. The predicted octanol–water partition coefficient (Wildman–Crippen LogP) is 2.14. The van der Waals surface area contributed by atoms with Crippen molar-refractivity contribution in [2.24, 2.45) is 0 Å². The lowest BCUT2D eigenvalue weighted by Crippen LogP contribution is -2.43. The molecule has 1 amide bonds. The molecule has 7 nitrogen and oxygen atoms in total. The lowest BCUT2D eigenvalue weighted by Gasteiger charge is -2.21. The van der Waals surface area contributed by atoms with Gasteiger partial charge in [-0.25, -0.2) is 8.42 Å². The summed E-state index contributed by atoms with van der Waals surface area (Å²) < 4.78 is 30.8. The molecule has 1 fully saturated rings. The van der Waals surface area contributed by atoms with Crippen LogP contribution in [-0.4, -0.2) is 50.3 Å². The third kappa shape index (κ3) is 5.78. The van der Waals surface area contributed by atoms with E-state index in [9.17, 15) is 18.0 Å². The summed E-state index contributed by atoms with van der Waals surface area (Å²) in [4.78, 5) is 24.2. The third-order valence-corrected chi connectivity index (χ3v) is 7.57. The number of ether oxygens (including phenoxy) is 1. The lowest BCUT2D eigenvalue weighted by atomic mass is 10.1. The van der Waals surface area contributed by atoms with Gasteiger partial charge in [-0.2, -0.15) is 4.31 Å². The second-order valence-electron chi connectivity index (χ2n) is 6.52. The van der Waals surface area contributed by atoms with Gasteiger partial charge in [-0.05, 0) is 31.2 Å². The lowest BCUT2D eigenvalue weighted by molar-refractivity contribution is -0.155. The van der Waals surface area contributed by atoms with E-state index in [1.54, 1.807) is 11.4 Å². The SMILES string of the molecule is C[C@H](OC(=O)CN(C)S(=O)(=O)c1cccs1)C(=O)NC1CCCCCC1. The first-order valence-corrected chi connectivity index (χ1v) is 11.1. The van der Waals surface area contributed by atoms with Crippen LogP contribution < -0.4 is 5.32 Å². The topological polar surface area (TPSA) is 92.8 Å². The third-order valence-electron chi connectivity index (χ3n) is 4.39. The Morgan fingerprint density at radius 3 is 2.54 bits per heavy atom. The van der Waals surface area contributed by atoms with Crippen molar-refractivity contribution in [3.05, 3.63) is 17.5 Å². The molecule has 0 spiro atoms. The minimum atomic E-state index is -3.72. The first-order valence-electron chi connectivity index (χ1n) is 8.80. The van der Waals surface area contributed by atoms with Gasteiger partial charge < -0.3 is 10.1 Å². The van der Waals surface area contributed by atoms with Gasteiger partial charge in [0.1, 0.15) is 10.8 Å². The number of hydrogen-bond acceptors (Lipinski definition) is 6. The van der Waals surface area contributed by atoms with Crippen molar-refractivity contribution in [3.63, 3.8) is 0 Å². The molecule has 1 aliphatic rings. The Kier molecular flexibility index (Phi) is 7.60. The van der Waals surface area contributed by atoms with Crippen LogP contribution >= 0.6 is 11.3 Å². The monoisotopic (exact) mass is 402 g/mol. The Labute approximate surface area is 158 Å². The van der Waals surface area contributed by atoms with Gasteiger partial charge in [-0.1, -0.05) is 31.7 Å². The van der Waals surface area contributed by atoms with Crippen molar-refractivity contribution in [3.8, 4) is 0 Å². The standard InChI is InChI=1S/C17H26N2O5S2/c1-13(17(21)18-14-8-5-3-4-6-9-14)24-15(20)12-19(2)26(22,23)16-10-7-11-25-16/h7,10-11,13-14H,3-6,8-9,12H2,1-2H3,(H,18,21)/t13-/m0/s1. The number of amides is 1. The molecule has 1 saturated carbocycles. The van der Waals surface area contributed by atoms with Crippen molar-refractivity contribution in [2.45, 2.75) is 61.8 Å². The van der Waals surface area contributed by atoms with Crippen molar-refractivity contribution in [1.29, 1.82) is 0 Å². The Bertz CT molecular complexity index is 695. The van der Waals surface area contributed by atoms with E-state index in [0.29, 0.717) is 0 Å². The summed E-state index contributed by atoms with van der Waals surface area (Å²) in [5.74, 6) is -1.09. The van der Waals surface area contributed by atoms with Crippen LogP contribution in [0.3, 0.4) is 0 Å². The minimum Gasteiger partial charge on any atom is -0.452 e. The summed E-state index contributed by atoms with van der Waals surface area (Å²) >= 11 is 1.08. The molecule has 1 aliphatic carbocycles. The van der Waals surface area contributed by atoms with E-state index in [1.807, 2.05) is 0 Å². The molecule has 0 aromatic carbocycles. The van der Waals surface area contributed by atoms with Crippen LogP contribution in [0.15, 0.2) is 21.7 Å². The number of rotatable bonds is 7.